The lowest BCUT2D eigenvalue weighted by molar-refractivity contribution is 0.104. The van der Waals surface area contributed by atoms with E-state index in [0.717, 1.165) is 5.56 Å². The molecule has 5 heteroatoms. The Bertz CT molecular complexity index is 815. The van der Waals surface area contributed by atoms with E-state index in [1.165, 1.54) is 12.1 Å². The van der Waals surface area contributed by atoms with Crippen molar-refractivity contribution >= 4 is 33.5 Å². The molecule has 0 radical (unpaired) electrons. The van der Waals surface area contributed by atoms with Gasteiger partial charge in [0.1, 0.15) is 5.75 Å². The van der Waals surface area contributed by atoms with Gasteiger partial charge in [0.15, 0.2) is 5.78 Å². The van der Waals surface area contributed by atoms with Crippen LogP contribution in [-0.4, -0.2) is 19.9 Å². The molecule has 0 fully saturated rings. The highest BCUT2D eigenvalue weighted by atomic mass is 79.9. The van der Waals surface area contributed by atoms with E-state index in [-0.39, 0.29) is 16.8 Å². The highest BCUT2D eigenvalue weighted by Gasteiger charge is 2.10. The predicted octanol–water partition coefficient (Wildman–Crippen LogP) is 3.76. The Morgan fingerprint density at radius 1 is 1.22 bits per heavy atom. The number of nitrogens with one attached hydrogen (secondary N) is 1. The van der Waals surface area contributed by atoms with Gasteiger partial charge in [-0.15, -0.1) is 0 Å². The average Bonchev–Trinajstić information content (AvgIpc) is 2.71. The number of hydrogen-bond acceptors (Lipinski definition) is 4. The van der Waals surface area contributed by atoms with Crippen LogP contribution in [0.15, 0.2) is 57.8 Å². The third-order valence-electron chi connectivity index (χ3n) is 3.27. The fourth-order valence-electron chi connectivity index (χ4n) is 2.07. The molecule has 0 saturated carbocycles. The van der Waals surface area contributed by atoms with E-state index in [1.807, 2.05) is 18.2 Å². The molecule has 118 valence electrons. The molecule has 0 heterocycles. The number of carbonyl (C=O) groups excluding carboxylic acids is 1. The number of anilines is 1. The number of para-hydroxylation sites is 1. The first kappa shape index (κ1) is 17.0. The van der Waals surface area contributed by atoms with Gasteiger partial charge in [0, 0.05) is 17.1 Å². The lowest BCUT2D eigenvalue weighted by atomic mass is 10.1. The van der Waals surface area contributed by atoms with Crippen LogP contribution in [0.5, 0.6) is 5.75 Å². The van der Waals surface area contributed by atoms with Crippen LogP contribution in [0.2, 0.25) is 0 Å². The van der Waals surface area contributed by atoms with Crippen molar-refractivity contribution in [1.82, 2.24) is 0 Å². The van der Waals surface area contributed by atoms with Crippen LogP contribution in [-0.2, 0) is 0 Å². The summed E-state index contributed by atoms with van der Waals surface area (Å²) in [7, 11) is 3.21. The molecule has 23 heavy (non-hydrogen) atoms. The summed E-state index contributed by atoms with van der Waals surface area (Å²) in [4.78, 5) is 24.8. The molecule has 1 N–H and O–H groups in total. The van der Waals surface area contributed by atoms with Crippen molar-refractivity contribution in [2.24, 2.45) is 0 Å². The normalized spacial score (nSPS) is 10.6. The van der Waals surface area contributed by atoms with Crippen molar-refractivity contribution in [3.63, 3.8) is 0 Å². The zero-order chi connectivity index (χ0) is 16.8. The third-order valence-corrected chi connectivity index (χ3v) is 3.76. The maximum Gasteiger partial charge on any atom is 0.212 e. The smallest absolute Gasteiger partial charge is 0.212 e. The molecule has 4 nitrogen and oxygen atoms in total. The minimum absolute atomic E-state index is 0.0948. The second-order valence-corrected chi connectivity index (χ2v) is 5.62. The van der Waals surface area contributed by atoms with Crippen LogP contribution in [0.1, 0.15) is 15.9 Å². The summed E-state index contributed by atoms with van der Waals surface area (Å²) in [5, 5.41) is 2.80. The summed E-state index contributed by atoms with van der Waals surface area (Å²) in [5.74, 6) is 0.295. The lowest BCUT2D eigenvalue weighted by Gasteiger charge is -2.03. The summed E-state index contributed by atoms with van der Waals surface area (Å²) >= 11 is 3.31. The molecule has 2 aromatic rings. The molecule has 0 spiro atoms. The van der Waals surface area contributed by atoms with Gasteiger partial charge in [-0.2, -0.15) is 0 Å². The minimum Gasteiger partial charge on any atom is -0.496 e. The zero-order valence-corrected chi connectivity index (χ0v) is 14.4. The molecule has 0 bridgehead atoms. The molecular weight excluding hydrogens is 358 g/mol. The second-order valence-electron chi connectivity index (χ2n) is 4.71. The van der Waals surface area contributed by atoms with Gasteiger partial charge in [0.2, 0.25) is 5.43 Å². The van der Waals surface area contributed by atoms with Crippen LogP contribution >= 0.6 is 15.9 Å². The van der Waals surface area contributed by atoms with Crippen molar-refractivity contribution in [3.8, 4) is 5.75 Å². The molecule has 0 saturated heterocycles. The van der Waals surface area contributed by atoms with Gasteiger partial charge in [-0.1, -0.05) is 34.1 Å². The first-order chi connectivity index (χ1) is 11.1. The number of rotatable bonds is 5. The Morgan fingerprint density at radius 3 is 2.65 bits per heavy atom. The first-order valence-electron chi connectivity index (χ1n) is 6.94. The van der Waals surface area contributed by atoms with Crippen LogP contribution in [0.4, 0.5) is 5.69 Å². The molecule has 0 aromatic heterocycles. The number of ether oxygens (including phenoxy) is 1. The molecule has 0 aliphatic heterocycles. The largest absolute Gasteiger partial charge is 0.496 e. The fourth-order valence-corrected chi connectivity index (χ4v) is 2.44. The Labute approximate surface area is 142 Å². The van der Waals surface area contributed by atoms with Crippen LogP contribution in [0.25, 0.3) is 6.08 Å². The van der Waals surface area contributed by atoms with Crippen LogP contribution < -0.4 is 15.5 Å². The Morgan fingerprint density at radius 2 is 1.96 bits per heavy atom. The molecular formula is C18H16BrNO3. The van der Waals surface area contributed by atoms with Crippen molar-refractivity contribution in [2.45, 2.75) is 0 Å². The van der Waals surface area contributed by atoms with E-state index in [0.29, 0.717) is 15.9 Å². The summed E-state index contributed by atoms with van der Waals surface area (Å²) in [6, 6.07) is 12.2. The van der Waals surface area contributed by atoms with Crippen molar-refractivity contribution < 1.29 is 9.53 Å². The summed E-state index contributed by atoms with van der Waals surface area (Å²) in [6.07, 6.45) is 3.01. The maximum atomic E-state index is 12.4. The van der Waals surface area contributed by atoms with Gasteiger partial charge in [0.25, 0.3) is 0 Å². The van der Waals surface area contributed by atoms with Gasteiger partial charge >= 0.3 is 0 Å². The standard InChI is InChI=1S/C18H16BrNO3/c1-20-15-9-8-13(19)11-14(18(15)22)16(21)10-7-12-5-3-4-6-17(12)23-2/h3-11H,1-2H3,(H,20,22)/b10-7+. The van der Waals surface area contributed by atoms with E-state index < -0.39 is 0 Å². The predicted molar refractivity (Wildman–Crippen MR) is 96.3 cm³/mol. The van der Waals surface area contributed by atoms with Gasteiger partial charge in [0.05, 0.1) is 18.4 Å². The van der Waals surface area contributed by atoms with Gasteiger partial charge in [-0.05, 0) is 36.4 Å². The zero-order valence-electron chi connectivity index (χ0n) is 12.8. The van der Waals surface area contributed by atoms with E-state index in [4.69, 9.17) is 4.74 Å². The molecule has 2 aromatic carbocycles. The van der Waals surface area contributed by atoms with Crippen LogP contribution in [0, 0.1) is 0 Å². The topological polar surface area (TPSA) is 55.4 Å². The second kappa shape index (κ2) is 7.74. The number of ketones is 1. The Balaban J connectivity index is 2.42. The van der Waals surface area contributed by atoms with Gasteiger partial charge in [-0.3, -0.25) is 9.59 Å². The van der Waals surface area contributed by atoms with E-state index in [2.05, 4.69) is 21.2 Å². The van der Waals surface area contributed by atoms with Crippen molar-refractivity contribution in [1.29, 1.82) is 0 Å². The van der Waals surface area contributed by atoms with E-state index in [1.54, 1.807) is 38.4 Å². The summed E-state index contributed by atoms with van der Waals surface area (Å²) in [6.45, 7) is 0. The fraction of sp³-hybridized carbons (Fsp3) is 0.111. The first-order valence-corrected chi connectivity index (χ1v) is 7.73. The summed E-state index contributed by atoms with van der Waals surface area (Å²) < 4.78 is 5.89. The highest BCUT2D eigenvalue weighted by Crippen LogP contribution is 2.19. The SMILES string of the molecule is CNc1ccc(Br)cc(C(=O)/C=C/c2ccccc2OC)c1=O. The average molecular weight is 374 g/mol. The molecule has 2 rings (SSSR count). The van der Waals surface area contributed by atoms with Crippen molar-refractivity contribution in [3.05, 3.63) is 74.4 Å². The minimum atomic E-state index is -0.366. The number of hydrogen-bond donors (Lipinski definition) is 1. The van der Waals surface area contributed by atoms with Crippen molar-refractivity contribution in [2.75, 3.05) is 19.5 Å². The maximum absolute atomic E-state index is 12.4. The molecule has 0 atom stereocenters. The Kier molecular flexibility index (Phi) is 5.71. The molecule has 0 amide bonds. The van der Waals surface area contributed by atoms with E-state index >= 15 is 0 Å². The number of allylic oxidation sites excluding steroid dienone is 1. The van der Waals surface area contributed by atoms with Gasteiger partial charge in [-0.25, -0.2) is 0 Å². The van der Waals surface area contributed by atoms with Crippen LogP contribution in [0.3, 0.4) is 0 Å². The molecule has 0 aliphatic carbocycles. The number of methoxy groups -OCH3 is 1. The third kappa shape index (κ3) is 4.07. The number of halogens is 1. The molecule has 0 aliphatic rings. The van der Waals surface area contributed by atoms with E-state index in [9.17, 15) is 9.59 Å². The number of benzene rings is 1. The number of carbonyl (C=O) groups is 1. The monoisotopic (exact) mass is 373 g/mol. The molecule has 0 unspecified atom stereocenters. The summed E-state index contributed by atoms with van der Waals surface area (Å²) in [5.41, 5.74) is 0.888. The quantitative estimate of drug-likeness (QED) is 0.640. The lowest BCUT2D eigenvalue weighted by Crippen LogP contribution is -2.14. The van der Waals surface area contributed by atoms with Gasteiger partial charge < -0.3 is 10.1 Å². The Hall–Kier alpha value is -2.40. The highest BCUT2D eigenvalue weighted by molar-refractivity contribution is 9.10.